The summed E-state index contributed by atoms with van der Waals surface area (Å²) in [5.41, 5.74) is 3.43. The summed E-state index contributed by atoms with van der Waals surface area (Å²) < 4.78 is 5.17. The topological polar surface area (TPSA) is 52.1 Å². The van der Waals surface area contributed by atoms with E-state index in [1.807, 2.05) is 12.1 Å². The van der Waals surface area contributed by atoms with Crippen LogP contribution in [0.15, 0.2) is 30.0 Å². The van der Waals surface area contributed by atoms with Gasteiger partial charge in [0.15, 0.2) is 0 Å². The average molecular weight is 248 g/mol. The molecular weight excluding hydrogens is 236 g/mol. The zero-order chi connectivity index (χ0) is 12.1. The summed E-state index contributed by atoms with van der Waals surface area (Å²) in [7, 11) is 0. The van der Waals surface area contributed by atoms with Crippen LogP contribution in [0.3, 0.4) is 0 Å². The Labute approximate surface area is 103 Å². The molecule has 2 aromatic rings. The molecule has 0 bridgehead atoms. The third kappa shape index (κ3) is 3.10. The monoisotopic (exact) mass is 248 g/mol. The Bertz CT molecular complexity index is 496. The van der Waals surface area contributed by atoms with Gasteiger partial charge < -0.3 is 4.74 Å². The van der Waals surface area contributed by atoms with Gasteiger partial charge in [-0.2, -0.15) is 0 Å². The van der Waals surface area contributed by atoms with Crippen molar-refractivity contribution in [2.45, 2.75) is 13.3 Å². The molecule has 0 saturated carbocycles. The summed E-state index contributed by atoms with van der Waals surface area (Å²) in [6, 6.07) is 3.82. The summed E-state index contributed by atoms with van der Waals surface area (Å²) >= 11 is 1.31. The maximum atomic E-state index is 11.6. The Kier molecular flexibility index (Phi) is 3.82. The van der Waals surface area contributed by atoms with Gasteiger partial charge in [0, 0.05) is 18.8 Å². The van der Waals surface area contributed by atoms with E-state index in [9.17, 15) is 4.79 Å². The first kappa shape index (κ1) is 11.7. The molecule has 0 fully saturated rings. The van der Waals surface area contributed by atoms with Crippen LogP contribution in [-0.2, 0) is 11.2 Å². The molecule has 88 valence electrons. The molecule has 0 radical (unpaired) electrons. The van der Waals surface area contributed by atoms with Crippen LogP contribution in [0.4, 0.5) is 0 Å². The smallest absolute Gasteiger partial charge is 0.350 e. The summed E-state index contributed by atoms with van der Waals surface area (Å²) in [5, 5.41) is 0. The van der Waals surface area contributed by atoms with Gasteiger partial charge in [-0.25, -0.2) is 9.78 Å². The zero-order valence-corrected chi connectivity index (χ0v) is 10.2. The number of pyridine rings is 1. The highest BCUT2D eigenvalue weighted by Gasteiger charge is 2.12. The molecule has 5 heteroatoms. The number of hydrogen-bond donors (Lipinski definition) is 0. The number of aromatic nitrogens is 2. The molecule has 0 aliphatic rings. The first-order valence-electron chi connectivity index (χ1n) is 5.23. The zero-order valence-electron chi connectivity index (χ0n) is 9.42. The Hall–Kier alpha value is -1.75. The number of rotatable bonds is 4. The van der Waals surface area contributed by atoms with Gasteiger partial charge in [0.2, 0.25) is 0 Å². The molecule has 2 rings (SSSR count). The van der Waals surface area contributed by atoms with Crippen LogP contribution in [0.5, 0.6) is 0 Å². The highest BCUT2D eigenvalue weighted by molar-refractivity contribution is 7.11. The number of thiazole rings is 1. The predicted octanol–water partition coefficient (Wildman–Crippen LogP) is 2.25. The molecule has 0 unspecified atom stereocenters. The lowest BCUT2D eigenvalue weighted by molar-refractivity contribution is 0.0514. The molecule has 0 aliphatic carbocycles. The minimum Gasteiger partial charge on any atom is -0.461 e. The third-order valence-electron chi connectivity index (χ3n) is 2.28. The normalized spacial score (nSPS) is 10.2. The lowest BCUT2D eigenvalue weighted by atomic mass is 10.2. The van der Waals surface area contributed by atoms with Crippen LogP contribution in [0.1, 0.15) is 20.9 Å². The first-order chi connectivity index (χ1) is 8.27. The Morgan fingerprint density at radius 3 is 3.06 bits per heavy atom. The number of hydrogen-bond acceptors (Lipinski definition) is 5. The van der Waals surface area contributed by atoms with Crippen molar-refractivity contribution in [3.05, 3.63) is 46.2 Å². The molecular formula is C12H12N2O2S. The van der Waals surface area contributed by atoms with Gasteiger partial charge in [0.1, 0.15) is 4.88 Å². The molecule has 2 heterocycles. The number of ether oxygens (including phenoxy) is 1. The Morgan fingerprint density at radius 1 is 1.53 bits per heavy atom. The first-order valence-corrected chi connectivity index (χ1v) is 6.11. The summed E-state index contributed by atoms with van der Waals surface area (Å²) in [4.78, 5) is 20.2. The van der Waals surface area contributed by atoms with E-state index in [1.165, 1.54) is 11.3 Å². The van der Waals surface area contributed by atoms with Crippen LogP contribution in [0.25, 0.3) is 0 Å². The lowest BCUT2D eigenvalue weighted by Gasteiger charge is -2.03. The number of carbonyl (C=O) groups excluding carboxylic acids is 1. The summed E-state index contributed by atoms with van der Waals surface area (Å²) in [6.45, 7) is 2.16. The standard InChI is InChI=1S/C12H12N2O2S/c1-9-11(17-8-14-9)12(15)16-6-4-10-3-2-5-13-7-10/h2-3,5,7-8H,4,6H2,1H3. The van der Waals surface area contributed by atoms with Crippen molar-refractivity contribution < 1.29 is 9.53 Å². The van der Waals surface area contributed by atoms with Crippen LogP contribution in [0, 0.1) is 6.92 Å². The highest BCUT2D eigenvalue weighted by atomic mass is 32.1. The van der Waals surface area contributed by atoms with Gasteiger partial charge in [-0.05, 0) is 18.6 Å². The SMILES string of the molecule is Cc1ncsc1C(=O)OCCc1cccnc1. The van der Waals surface area contributed by atoms with Crippen molar-refractivity contribution in [3.8, 4) is 0 Å². The fraction of sp³-hybridized carbons (Fsp3) is 0.250. The van der Waals surface area contributed by atoms with E-state index in [0.29, 0.717) is 17.9 Å². The number of aryl methyl sites for hydroxylation is 1. The van der Waals surface area contributed by atoms with Crippen LogP contribution in [-0.4, -0.2) is 22.5 Å². The van der Waals surface area contributed by atoms with Gasteiger partial charge in [-0.15, -0.1) is 11.3 Å². The molecule has 0 N–H and O–H groups in total. The number of nitrogens with zero attached hydrogens (tertiary/aromatic N) is 2. The van der Waals surface area contributed by atoms with E-state index in [0.717, 1.165) is 11.3 Å². The van der Waals surface area contributed by atoms with Crippen molar-refractivity contribution in [2.75, 3.05) is 6.61 Å². The van der Waals surface area contributed by atoms with E-state index in [4.69, 9.17) is 4.74 Å². The minimum atomic E-state index is -0.297. The summed E-state index contributed by atoms with van der Waals surface area (Å²) in [5.74, 6) is -0.297. The van der Waals surface area contributed by atoms with E-state index >= 15 is 0 Å². The van der Waals surface area contributed by atoms with E-state index < -0.39 is 0 Å². The summed E-state index contributed by atoms with van der Waals surface area (Å²) in [6.07, 6.45) is 4.17. The quantitative estimate of drug-likeness (QED) is 0.779. The van der Waals surface area contributed by atoms with Crippen molar-refractivity contribution in [1.82, 2.24) is 9.97 Å². The average Bonchev–Trinajstić information content (AvgIpc) is 2.77. The van der Waals surface area contributed by atoms with Gasteiger partial charge >= 0.3 is 5.97 Å². The molecule has 0 saturated heterocycles. The van der Waals surface area contributed by atoms with Gasteiger partial charge in [0.05, 0.1) is 17.8 Å². The maximum absolute atomic E-state index is 11.6. The molecule has 0 amide bonds. The van der Waals surface area contributed by atoms with E-state index in [-0.39, 0.29) is 5.97 Å². The van der Waals surface area contributed by atoms with Gasteiger partial charge in [0.25, 0.3) is 0 Å². The Morgan fingerprint density at radius 2 is 2.41 bits per heavy atom. The second kappa shape index (κ2) is 5.54. The van der Waals surface area contributed by atoms with Crippen LogP contribution in [0.2, 0.25) is 0 Å². The second-order valence-corrected chi connectivity index (χ2v) is 4.37. The van der Waals surface area contributed by atoms with Crippen LogP contribution >= 0.6 is 11.3 Å². The molecule has 4 nitrogen and oxygen atoms in total. The fourth-order valence-corrected chi connectivity index (χ4v) is 2.07. The molecule has 2 aromatic heterocycles. The van der Waals surface area contributed by atoms with Gasteiger partial charge in [-0.1, -0.05) is 6.07 Å². The molecule has 17 heavy (non-hydrogen) atoms. The minimum absolute atomic E-state index is 0.297. The number of carbonyl (C=O) groups is 1. The van der Waals surface area contributed by atoms with E-state index in [2.05, 4.69) is 9.97 Å². The molecule has 0 aliphatic heterocycles. The van der Waals surface area contributed by atoms with Crippen molar-refractivity contribution in [1.29, 1.82) is 0 Å². The van der Waals surface area contributed by atoms with Gasteiger partial charge in [-0.3, -0.25) is 4.98 Å². The van der Waals surface area contributed by atoms with Crippen molar-refractivity contribution in [2.24, 2.45) is 0 Å². The molecule has 0 spiro atoms. The third-order valence-corrected chi connectivity index (χ3v) is 3.19. The molecule has 0 aromatic carbocycles. The van der Waals surface area contributed by atoms with E-state index in [1.54, 1.807) is 24.8 Å². The van der Waals surface area contributed by atoms with Crippen molar-refractivity contribution >= 4 is 17.3 Å². The maximum Gasteiger partial charge on any atom is 0.350 e. The predicted molar refractivity (Wildman–Crippen MR) is 65.1 cm³/mol. The highest BCUT2D eigenvalue weighted by Crippen LogP contribution is 2.13. The molecule has 0 atom stereocenters. The second-order valence-electron chi connectivity index (χ2n) is 3.51. The van der Waals surface area contributed by atoms with Crippen LogP contribution < -0.4 is 0 Å². The number of esters is 1. The fourth-order valence-electron chi connectivity index (χ4n) is 1.37. The lowest BCUT2D eigenvalue weighted by Crippen LogP contribution is -2.08. The Balaban J connectivity index is 1.84. The largest absolute Gasteiger partial charge is 0.461 e. The van der Waals surface area contributed by atoms with Crippen molar-refractivity contribution in [3.63, 3.8) is 0 Å².